The van der Waals surface area contributed by atoms with Gasteiger partial charge in [0, 0.05) is 23.9 Å². The predicted octanol–water partition coefficient (Wildman–Crippen LogP) is 2.44. The van der Waals surface area contributed by atoms with Gasteiger partial charge in [-0.05, 0) is 32.4 Å². The second-order valence-electron chi connectivity index (χ2n) is 6.98. The maximum absolute atomic E-state index is 12.4. The second kappa shape index (κ2) is 6.88. The summed E-state index contributed by atoms with van der Waals surface area (Å²) in [6.45, 7) is 9.25. The summed E-state index contributed by atoms with van der Waals surface area (Å²) in [5.74, 6) is 0.815. The molecule has 2 heterocycles. The van der Waals surface area contributed by atoms with Gasteiger partial charge in [0.1, 0.15) is 0 Å². The largest absolute Gasteiger partial charge is 0.342 e. The van der Waals surface area contributed by atoms with E-state index in [-0.39, 0.29) is 11.3 Å². The van der Waals surface area contributed by atoms with Gasteiger partial charge in [0.25, 0.3) is 0 Å². The van der Waals surface area contributed by atoms with Crippen molar-refractivity contribution in [3.63, 3.8) is 0 Å². The van der Waals surface area contributed by atoms with Crippen molar-refractivity contribution in [1.82, 2.24) is 15.2 Å². The summed E-state index contributed by atoms with van der Waals surface area (Å²) in [7, 11) is 1.98. The highest BCUT2D eigenvalue weighted by molar-refractivity contribution is 7.09. The van der Waals surface area contributed by atoms with Gasteiger partial charge in [0.15, 0.2) is 0 Å². The van der Waals surface area contributed by atoms with Crippen LogP contribution in [0.3, 0.4) is 0 Å². The molecule has 1 fully saturated rings. The monoisotopic (exact) mass is 309 g/mol. The molecular weight excluding hydrogens is 282 g/mol. The van der Waals surface area contributed by atoms with E-state index in [0.29, 0.717) is 12.3 Å². The summed E-state index contributed by atoms with van der Waals surface area (Å²) in [6.07, 6.45) is 2.77. The first-order valence-electron chi connectivity index (χ1n) is 7.77. The van der Waals surface area contributed by atoms with Crippen molar-refractivity contribution in [3.8, 4) is 0 Å². The van der Waals surface area contributed by atoms with Crippen molar-refractivity contribution in [2.24, 2.45) is 5.92 Å². The number of rotatable bonds is 4. The number of aromatic nitrogens is 1. The van der Waals surface area contributed by atoms with Gasteiger partial charge in [-0.25, -0.2) is 4.98 Å². The smallest absolute Gasteiger partial charge is 0.228 e. The maximum atomic E-state index is 12.4. The summed E-state index contributed by atoms with van der Waals surface area (Å²) in [4.78, 5) is 19.1. The molecule has 21 heavy (non-hydrogen) atoms. The number of nitrogens with zero attached hydrogens (tertiary/aromatic N) is 2. The van der Waals surface area contributed by atoms with Gasteiger partial charge in [0.05, 0.1) is 17.1 Å². The summed E-state index contributed by atoms with van der Waals surface area (Å²) in [5, 5.41) is 6.36. The average Bonchev–Trinajstić information content (AvgIpc) is 2.88. The maximum Gasteiger partial charge on any atom is 0.228 e. The topological polar surface area (TPSA) is 45.2 Å². The van der Waals surface area contributed by atoms with Gasteiger partial charge in [-0.3, -0.25) is 4.79 Å². The minimum atomic E-state index is 0.0645. The van der Waals surface area contributed by atoms with Crippen LogP contribution in [0.25, 0.3) is 0 Å². The Kier molecular flexibility index (Phi) is 5.38. The minimum absolute atomic E-state index is 0.0645. The van der Waals surface area contributed by atoms with Crippen molar-refractivity contribution in [1.29, 1.82) is 0 Å². The molecule has 5 heteroatoms. The Morgan fingerprint density at radius 2 is 2.29 bits per heavy atom. The highest BCUT2D eigenvalue weighted by Crippen LogP contribution is 2.26. The molecule has 1 N–H and O–H groups in total. The molecule has 4 nitrogen and oxygen atoms in total. The number of hydrogen-bond acceptors (Lipinski definition) is 4. The second-order valence-corrected chi connectivity index (χ2v) is 7.83. The van der Waals surface area contributed by atoms with E-state index in [1.807, 2.05) is 17.3 Å². The number of piperidine rings is 1. The van der Waals surface area contributed by atoms with Crippen LogP contribution in [-0.4, -0.2) is 42.5 Å². The normalized spacial score (nSPS) is 19.8. The summed E-state index contributed by atoms with van der Waals surface area (Å²) < 4.78 is 0. The van der Waals surface area contributed by atoms with Crippen LogP contribution in [0.2, 0.25) is 0 Å². The van der Waals surface area contributed by atoms with Gasteiger partial charge in [-0.15, -0.1) is 11.3 Å². The summed E-state index contributed by atoms with van der Waals surface area (Å²) in [6, 6.07) is 0. The number of amides is 1. The fourth-order valence-electron chi connectivity index (χ4n) is 2.75. The van der Waals surface area contributed by atoms with Crippen LogP contribution in [-0.2, 0) is 16.6 Å². The Morgan fingerprint density at radius 1 is 1.52 bits per heavy atom. The van der Waals surface area contributed by atoms with E-state index >= 15 is 0 Å². The summed E-state index contributed by atoms with van der Waals surface area (Å²) in [5.41, 5.74) is 0.986. The fraction of sp³-hybridized carbons (Fsp3) is 0.750. The van der Waals surface area contributed by atoms with E-state index in [4.69, 9.17) is 0 Å². The first-order valence-corrected chi connectivity index (χ1v) is 8.65. The van der Waals surface area contributed by atoms with Gasteiger partial charge >= 0.3 is 0 Å². The zero-order chi connectivity index (χ0) is 15.5. The van der Waals surface area contributed by atoms with Crippen molar-refractivity contribution < 1.29 is 4.79 Å². The molecule has 1 saturated heterocycles. The van der Waals surface area contributed by atoms with Crippen molar-refractivity contribution in [3.05, 3.63) is 16.1 Å². The van der Waals surface area contributed by atoms with Crippen molar-refractivity contribution in [2.75, 3.05) is 26.7 Å². The van der Waals surface area contributed by atoms with E-state index in [1.165, 1.54) is 6.42 Å². The van der Waals surface area contributed by atoms with Gasteiger partial charge in [0.2, 0.25) is 5.91 Å². The van der Waals surface area contributed by atoms with E-state index in [0.717, 1.165) is 36.8 Å². The molecule has 1 aromatic rings. The predicted molar refractivity (Wildman–Crippen MR) is 87.7 cm³/mol. The van der Waals surface area contributed by atoms with Gasteiger partial charge in [-0.1, -0.05) is 20.8 Å². The molecule has 1 atom stereocenters. The zero-order valence-electron chi connectivity index (χ0n) is 13.6. The quantitative estimate of drug-likeness (QED) is 0.929. The Bertz CT molecular complexity index is 476. The Labute approximate surface area is 132 Å². The lowest BCUT2D eigenvalue weighted by Gasteiger charge is -2.32. The molecular formula is C16H27N3OS. The van der Waals surface area contributed by atoms with E-state index in [1.54, 1.807) is 11.3 Å². The molecule has 0 spiro atoms. The van der Waals surface area contributed by atoms with Crippen LogP contribution in [0.1, 0.15) is 44.3 Å². The molecule has 0 aliphatic carbocycles. The molecule has 1 aliphatic rings. The highest BCUT2D eigenvalue weighted by Gasteiger charge is 2.24. The minimum Gasteiger partial charge on any atom is -0.342 e. The number of carbonyl (C=O) groups excluding carboxylic acids is 1. The zero-order valence-corrected chi connectivity index (χ0v) is 14.4. The van der Waals surface area contributed by atoms with Crippen LogP contribution >= 0.6 is 11.3 Å². The number of hydrogen-bond donors (Lipinski definition) is 1. The fourth-order valence-corrected chi connectivity index (χ4v) is 3.65. The first kappa shape index (κ1) is 16.4. The average molecular weight is 309 g/mol. The summed E-state index contributed by atoms with van der Waals surface area (Å²) >= 11 is 1.66. The third-order valence-electron chi connectivity index (χ3n) is 3.89. The number of thiazole rings is 1. The van der Waals surface area contributed by atoms with E-state index < -0.39 is 0 Å². The SMILES string of the molecule is CNCC1CCCN(C(=O)Cc2csc(C(C)(C)C)n2)C1. The lowest BCUT2D eigenvalue weighted by molar-refractivity contribution is -0.132. The molecule has 0 aromatic carbocycles. The third-order valence-corrected chi connectivity index (χ3v) is 5.21. The molecule has 0 radical (unpaired) electrons. The van der Waals surface area contributed by atoms with E-state index in [2.05, 4.69) is 31.1 Å². The van der Waals surface area contributed by atoms with Crippen LogP contribution in [0.5, 0.6) is 0 Å². The molecule has 1 aliphatic heterocycles. The Hall–Kier alpha value is -0.940. The highest BCUT2D eigenvalue weighted by atomic mass is 32.1. The number of likely N-dealkylation sites (tertiary alicyclic amines) is 1. The van der Waals surface area contributed by atoms with Crippen LogP contribution in [0.15, 0.2) is 5.38 Å². The molecule has 0 saturated carbocycles. The van der Waals surface area contributed by atoms with E-state index in [9.17, 15) is 4.79 Å². The number of carbonyl (C=O) groups is 1. The van der Waals surface area contributed by atoms with Crippen molar-refractivity contribution in [2.45, 2.75) is 45.4 Å². The molecule has 1 unspecified atom stereocenters. The van der Waals surface area contributed by atoms with Crippen LogP contribution in [0, 0.1) is 5.92 Å². The molecule has 118 valence electrons. The number of nitrogens with one attached hydrogen (secondary N) is 1. The van der Waals surface area contributed by atoms with Crippen LogP contribution < -0.4 is 5.32 Å². The molecule has 0 bridgehead atoms. The molecule has 1 amide bonds. The van der Waals surface area contributed by atoms with Gasteiger partial charge < -0.3 is 10.2 Å². The third kappa shape index (κ3) is 4.51. The molecule has 2 rings (SSSR count). The lowest BCUT2D eigenvalue weighted by Crippen LogP contribution is -2.43. The standard InChI is InChI=1S/C16H27N3OS/c1-16(2,3)15-18-13(11-21-15)8-14(20)19-7-5-6-12(10-19)9-17-4/h11-12,17H,5-10H2,1-4H3. The lowest BCUT2D eigenvalue weighted by atomic mass is 9.97. The Balaban J connectivity index is 1.93. The Morgan fingerprint density at radius 3 is 2.90 bits per heavy atom. The van der Waals surface area contributed by atoms with Crippen LogP contribution in [0.4, 0.5) is 0 Å². The van der Waals surface area contributed by atoms with Gasteiger partial charge in [-0.2, -0.15) is 0 Å². The first-order chi connectivity index (χ1) is 9.90. The van der Waals surface area contributed by atoms with Crippen molar-refractivity contribution >= 4 is 17.2 Å². The molecule has 1 aromatic heterocycles.